The lowest BCUT2D eigenvalue weighted by molar-refractivity contribution is 0.270. The lowest BCUT2D eigenvalue weighted by Gasteiger charge is -2.04. The van der Waals surface area contributed by atoms with E-state index in [0.29, 0.717) is 11.5 Å². The Hall–Kier alpha value is -1.16. The molecule has 0 fully saturated rings. The van der Waals surface area contributed by atoms with Crippen molar-refractivity contribution in [2.45, 2.75) is 26.4 Å². The Labute approximate surface area is 70.3 Å². The summed E-state index contributed by atoms with van der Waals surface area (Å²) < 4.78 is 0. The second-order valence-corrected chi connectivity index (χ2v) is 2.93. The van der Waals surface area contributed by atoms with Gasteiger partial charge in [0.1, 0.15) is 12.4 Å². The van der Waals surface area contributed by atoms with E-state index in [1.807, 2.05) is 13.8 Å². The van der Waals surface area contributed by atoms with E-state index in [-0.39, 0.29) is 18.1 Å². The summed E-state index contributed by atoms with van der Waals surface area (Å²) in [6.45, 7) is 3.67. The Morgan fingerprint density at radius 1 is 1.67 bits per heavy atom. The van der Waals surface area contributed by atoms with Crippen LogP contribution in [0.3, 0.4) is 0 Å². The lowest BCUT2D eigenvalue weighted by Crippen LogP contribution is -2.13. The minimum Gasteiger partial charge on any atom is -0.388 e. The van der Waals surface area contributed by atoms with Gasteiger partial charge in [0.25, 0.3) is 5.56 Å². The smallest absolute Gasteiger partial charge is 0.251 e. The van der Waals surface area contributed by atoms with Crippen molar-refractivity contribution in [3.63, 3.8) is 0 Å². The molecule has 1 heterocycles. The largest absolute Gasteiger partial charge is 0.388 e. The third-order valence-electron chi connectivity index (χ3n) is 1.55. The number of aliphatic hydroxyl groups excluding tert-OH is 1. The van der Waals surface area contributed by atoms with E-state index in [9.17, 15) is 4.79 Å². The van der Waals surface area contributed by atoms with Crippen LogP contribution in [0.25, 0.3) is 0 Å². The molecular formula is C8H12N2O2. The molecule has 0 bridgehead atoms. The van der Waals surface area contributed by atoms with Crippen molar-refractivity contribution in [1.82, 2.24) is 9.97 Å². The number of aromatic amines is 1. The predicted molar refractivity (Wildman–Crippen MR) is 44.9 cm³/mol. The van der Waals surface area contributed by atoms with Gasteiger partial charge >= 0.3 is 0 Å². The predicted octanol–water partition coefficient (Wildman–Crippen LogP) is 0.386. The summed E-state index contributed by atoms with van der Waals surface area (Å²) in [7, 11) is 0. The van der Waals surface area contributed by atoms with Crippen LogP contribution >= 0.6 is 0 Å². The first kappa shape index (κ1) is 8.93. The first-order valence-corrected chi connectivity index (χ1v) is 3.84. The molecule has 4 heteroatoms. The van der Waals surface area contributed by atoms with Gasteiger partial charge in [0.05, 0.1) is 5.69 Å². The minimum atomic E-state index is -0.226. The molecule has 0 spiro atoms. The monoisotopic (exact) mass is 168 g/mol. The average molecular weight is 168 g/mol. The van der Waals surface area contributed by atoms with Gasteiger partial charge in [-0.2, -0.15) is 0 Å². The molecule has 0 saturated heterocycles. The van der Waals surface area contributed by atoms with Gasteiger partial charge in [-0.25, -0.2) is 4.98 Å². The van der Waals surface area contributed by atoms with E-state index in [4.69, 9.17) is 5.11 Å². The van der Waals surface area contributed by atoms with Crippen molar-refractivity contribution in [2.75, 3.05) is 0 Å². The molecule has 0 aromatic carbocycles. The number of rotatable bonds is 2. The van der Waals surface area contributed by atoms with Gasteiger partial charge in [-0.15, -0.1) is 0 Å². The van der Waals surface area contributed by atoms with Crippen molar-refractivity contribution in [3.8, 4) is 0 Å². The van der Waals surface area contributed by atoms with Crippen LogP contribution in [0.15, 0.2) is 10.9 Å². The van der Waals surface area contributed by atoms with Crippen LogP contribution < -0.4 is 5.56 Å². The van der Waals surface area contributed by atoms with Crippen molar-refractivity contribution in [2.24, 2.45) is 0 Å². The zero-order valence-corrected chi connectivity index (χ0v) is 7.16. The molecular weight excluding hydrogens is 156 g/mol. The summed E-state index contributed by atoms with van der Waals surface area (Å²) in [5, 5.41) is 8.74. The lowest BCUT2D eigenvalue weighted by atomic mass is 10.1. The molecule has 12 heavy (non-hydrogen) atoms. The summed E-state index contributed by atoms with van der Waals surface area (Å²) in [6.07, 6.45) is 0. The Kier molecular flexibility index (Phi) is 2.60. The Morgan fingerprint density at radius 3 is 2.83 bits per heavy atom. The van der Waals surface area contributed by atoms with Crippen molar-refractivity contribution >= 4 is 0 Å². The van der Waals surface area contributed by atoms with Gasteiger partial charge in [-0.3, -0.25) is 4.79 Å². The van der Waals surface area contributed by atoms with Crippen molar-refractivity contribution < 1.29 is 5.11 Å². The Morgan fingerprint density at radius 2 is 2.33 bits per heavy atom. The van der Waals surface area contributed by atoms with E-state index in [1.54, 1.807) is 0 Å². The van der Waals surface area contributed by atoms with Crippen molar-refractivity contribution in [1.29, 1.82) is 0 Å². The molecule has 1 rings (SSSR count). The third-order valence-corrected chi connectivity index (χ3v) is 1.55. The van der Waals surface area contributed by atoms with Crippen molar-refractivity contribution in [3.05, 3.63) is 27.9 Å². The molecule has 1 aromatic heterocycles. The minimum absolute atomic E-state index is 0.206. The maximum absolute atomic E-state index is 11.0. The van der Waals surface area contributed by atoms with E-state index in [0.717, 1.165) is 0 Å². The highest BCUT2D eigenvalue weighted by molar-refractivity contribution is 5.06. The second-order valence-electron chi connectivity index (χ2n) is 2.93. The molecule has 0 aliphatic heterocycles. The number of H-pyrrole nitrogens is 1. The molecule has 0 atom stereocenters. The SMILES string of the molecule is CC(C)c1cc(=O)[nH]c(CO)n1. The first-order chi connectivity index (χ1) is 5.63. The summed E-state index contributed by atoms with van der Waals surface area (Å²) in [6, 6.07) is 1.45. The molecule has 0 aliphatic rings. The average Bonchev–Trinajstić information content (AvgIpc) is 2.03. The fourth-order valence-corrected chi connectivity index (χ4v) is 0.899. The summed E-state index contributed by atoms with van der Waals surface area (Å²) in [5.41, 5.74) is 0.501. The third kappa shape index (κ3) is 1.92. The van der Waals surface area contributed by atoms with Gasteiger partial charge in [0.2, 0.25) is 0 Å². The van der Waals surface area contributed by atoms with Crippen LogP contribution in [-0.2, 0) is 6.61 Å². The van der Waals surface area contributed by atoms with E-state index in [2.05, 4.69) is 9.97 Å². The highest BCUT2D eigenvalue weighted by Crippen LogP contribution is 2.07. The number of hydrogen-bond acceptors (Lipinski definition) is 3. The highest BCUT2D eigenvalue weighted by Gasteiger charge is 2.03. The van der Waals surface area contributed by atoms with Gasteiger partial charge in [-0.05, 0) is 5.92 Å². The van der Waals surface area contributed by atoms with Crippen LogP contribution in [0.1, 0.15) is 31.3 Å². The normalized spacial score (nSPS) is 10.7. The standard InChI is InChI=1S/C8H12N2O2/c1-5(2)6-3-8(12)10-7(4-11)9-6/h3,5,11H,4H2,1-2H3,(H,9,10,12). The van der Waals surface area contributed by atoms with Gasteiger partial charge in [0.15, 0.2) is 0 Å². The molecule has 0 saturated carbocycles. The quantitative estimate of drug-likeness (QED) is 0.671. The number of aliphatic hydroxyl groups is 1. The molecule has 66 valence electrons. The highest BCUT2D eigenvalue weighted by atomic mass is 16.3. The summed E-state index contributed by atoms with van der Waals surface area (Å²) in [4.78, 5) is 17.4. The molecule has 0 amide bonds. The first-order valence-electron chi connectivity index (χ1n) is 3.84. The maximum Gasteiger partial charge on any atom is 0.251 e. The van der Waals surface area contributed by atoms with Crippen LogP contribution in [-0.4, -0.2) is 15.1 Å². The molecule has 0 unspecified atom stereocenters. The van der Waals surface area contributed by atoms with Gasteiger partial charge in [0, 0.05) is 6.07 Å². The van der Waals surface area contributed by atoms with Crippen LogP contribution in [0.5, 0.6) is 0 Å². The zero-order valence-electron chi connectivity index (χ0n) is 7.16. The van der Waals surface area contributed by atoms with Gasteiger partial charge < -0.3 is 10.1 Å². The van der Waals surface area contributed by atoms with Crippen LogP contribution in [0.4, 0.5) is 0 Å². The summed E-state index contributed by atoms with van der Waals surface area (Å²) >= 11 is 0. The number of nitrogens with zero attached hydrogens (tertiary/aromatic N) is 1. The second kappa shape index (κ2) is 3.49. The summed E-state index contributed by atoms with van der Waals surface area (Å²) in [5.74, 6) is 0.531. The molecule has 1 aromatic rings. The molecule has 0 aliphatic carbocycles. The molecule has 2 N–H and O–H groups in total. The van der Waals surface area contributed by atoms with Crippen LogP contribution in [0, 0.1) is 0 Å². The fraction of sp³-hybridized carbons (Fsp3) is 0.500. The molecule has 0 radical (unpaired) electrons. The molecule has 4 nitrogen and oxygen atoms in total. The fourth-order valence-electron chi connectivity index (χ4n) is 0.899. The van der Waals surface area contributed by atoms with Crippen LogP contribution in [0.2, 0.25) is 0 Å². The zero-order chi connectivity index (χ0) is 9.14. The Balaban J connectivity index is 3.15. The van der Waals surface area contributed by atoms with E-state index < -0.39 is 0 Å². The number of hydrogen-bond donors (Lipinski definition) is 2. The number of nitrogens with one attached hydrogen (secondary N) is 1. The van der Waals surface area contributed by atoms with E-state index in [1.165, 1.54) is 6.07 Å². The van der Waals surface area contributed by atoms with E-state index >= 15 is 0 Å². The number of aromatic nitrogens is 2. The maximum atomic E-state index is 11.0. The topological polar surface area (TPSA) is 66.0 Å². The van der Waals surface area contributed by atoms with Gasteiger partial charge in [-0.1, -0.05) is 13.8 Å². The Bertz CT molecular complexity index is 317.